The van der Waals surface area contributed by atoms with E-state index in [-0.39, 0.29) is 12.7 Å². The maximum Gasteiger partial charge on any atom is 0.410 e. The van der Waals surface area contributed by atoms with Gasteiger partial charge in [-0.25, -0.2) is 4.79 Å². The van der Waals surface area contributed by atoms with Crippen molar-refractivity contribution in [2.45, 2.75) is 13.0 Å². The fourth-order valence-corrected chi connectivity index (χ4v) is 1.73. The van der Waals surface area contributed by atoms with E-state index in [1.165, 1.54) is 11.3 Å². The Labute approximate surface area is 88.5 Å². The second-order valence-corrected chi connectivity index (χ2v) is 3.52. The number of carbonyl (C=O) groups is 1. The molecule has 0 atom stereocenters. The lowest BCUT2D eigenvalue weighted by atomic mass is 10.1. The third kappa shape index (κ3) is 2.03. The van der Waals surface area contributed by atoms with Crippen LogP contribution in [0.25, 0.3) is 0 Å². The van der Waals surface area contributed by atoms with Crippen LogP contribution in [-0.2, 0) is 17.7 Å². The fraction of sp³-hybridized carbons (Fsp3) is 0.364. The number of amides is 1. The number of nitrogens with zero attached hydrogens (tertiary/aromatic N) is 1. The molecule has 2 rings (SSSR count). The molecule has 1 aliphatic heterocycles. The van der Waals surface area contributed by atoms with Crippen molar-refractivity contribution in [2.75, 3.05) is 13.2 Å². The highest BCUT2D eigenvalue weighted by Gasteiger charge is 2.21. The molecule has 80 valence electrons. The molecule has 2 heterocycles. The van der Waals surface area contributed by atoms with Crippen molar-refractivity contribution in [2.24, 2.45) is 0 Å². The highest BCUT2D eigenvalue weighted by molar-refractivity contribution is 5.68. The lowest BCUT2D eigenvalue weighted by molar-refractivity contribution is 0.107. The third-order valence-electron chi connectivity index (χ3n) is 2.51. The van der Waals surface area contributed by atoms with Gasteiger partial charge in [-0.05, 0) is 11.6 Å². The van der Waals surface area contributed by atoms with Crippen LogP contribution in [0, 0.1) is 0 Å². The number of hydrogen-bond acceptors (Lipinski definition) is 2. The molecular formula is C11H14N2O2. The molecule has 0 saturated heterocycles. The van der Waals surface area contributed by atoms with E-state index < -0.39 is 0 Å². The Morgan fingerprint density at radius 3 is 3.40 bits per heavy atom. The van der Waals surface area contributed by atoms with Gasteiger partial charge in [0.25, 0.3) is 0 Å². The fourth-order valence-electron chi connectivity index (χ4n) is 1.73. The molecule has 1 aliphatic rings. The maximum atomic E-state index is 11.5. The molecule has 0 aromatic carbocycles. The minimum atomic E-state index is -0.262. The molecule has 0 radical (unpaired) electrons. The van der Waals surface area contributed by atoms with Gasteiger partial charge >= 0.3 is 6.09 Å². The van der Waals surface area contributed by atoms with E-state index in [1.54, 1.807) is 11.0 Å². The van der Waals surface area contributed by atoms with Crippen molar-refractivity contribution in [1.29, 1.82) is 0 Å². The van der Waals surface area contributed by atoms with Crippen molar-refractivity contribution in [3.8, 4) is 0 Å². The molecule has 1 N–H and O–H groups in total. The van der Waals surface area contributed by atoms with Crippen LogP contribution in [-0.4, -0.2) is 29.1 Å². The quantitative estimate of drug-likeness (QED) is 0.748. The summed E-state index contributed by atoms with van der Waals surface area (Å²) in [6.45, 7) is 5.12. The molecule has 0 bridgehead atoms. The van der Waals surface area contributed by atoms with Crippen LogP contribution in [0.3, 0.4) is 0 Å². The molecule has 15 heavy (non-hydrogen) atoms. The molecule has 0 aliphatic carbocycles. The lowest BCUT2D eigenvalue weighted by Crippen LogP contribution is -2.36. The van der Waals surface area contributed by atoms with Crippen LogP contribution in [0.4, 0.5) is 4.79 Å². The van der Waals surface area contributed by atoms with Crippen LogP contribution in [0.15, 0.2) is 24.9 Å². The van der Waals surface area contributed by atoms with E-state index in [1.807, 2.05) is 12.3 Å². The first kappa shape index (κ1) is 9.83. The van der Waals surface area contributed by atoms with Crippen LogP contribution < -0.4 is 0 Å². The standard InChI is InChI=1S/C11H14N2O2/c1-2-7-15-11(14)13-6-4-10-9(8-13)3-5-12-10/h2-3,5,12H,1,4,6-8H2. The highest BCUT2D eigenvalue weighted by atomic mass is 16.6. The molecule has 4 nitrogen and oxygen atoms in total. The number of aromatic nitrogens is 1. The number of hydrogen-bond donors (Lipinski definition) is 1. The topological polar surface area (TPSA) is 45.3 Å². The van der Waals surface area contributed by atoms with E-state index in [0.717, 1.165) is 6.42 Å². The summed E-state index contributed by atoms with van der Waals surface area (Å²) in [7, 11) is 0. The van der Waals surface area contributed by atoms with Crippen LogP contribution in [0.1, 0.15) is 11.3 Å². The smallest absolute Gasteiger partial charge is 0.410 e. The van der Waals surface area contributed by atoms with Gasteiger partial charge in [0.05, 0.1) is 6.54 Å². The largest absolute Gasteiger partial charge is 0.445 e. The number of carbonyl (C=O) groups excluding carboxylic acids is 1. The zero-order valence-electron chi connectivity index (χ0n) is 8.53. The van der Waals surface area contributed by atoms with E-state index >= 15 is 0 Å². The highest BCUT2D eigenvalue weighted by Crippen LogP contribution is 2.17. The van der Waals surface area contributed by atoms with Gasteiger partial charge in [-0.1, -0.05) is 12.7 Å². The maximum absolute atomic E-state index is 11.5. The second-order valence-electron chi connectivity index (χ2n) is 3.52. The molecule has 0 saturated carbocycles. The number of fused-ring (bicyclic) bond motifs is 1. The first-order chi connectivity index (χ1) is 7.31. The van der Waals surface area contributed by atoms with Gasteiger partial charge in [0.2, 0.25) is 0 Å². The van der Waals surface area contributed by atoms with Gasteiger partial charge in [-0.3, -0.25) is 0 Å². The molecule has 1 aromatic rings. The normalized spacial score (nSPS) is 14.5. The lowest BCUT2D eigenvalue weighted by Gasteiger charge is -2.25. The predicted molar refractivity (Wildman–Crippen MR) is 56.5 cm³/mol. The summed E-state index contributed by atoms with van der Waals surface area (Å²) < 4.78 is 4.98. The Balaban J connectivity index is 1.97. The van der Waals surface area contributed by atoms with Gasteiger partial charge in [0.1, 0.15) is 6.61 Å². The van der Waals surface area contributed by atoms with Crippen molar-refractivity contribution >= 4 is 6.09 Å². The van der Waals surface area contributed by atoms with Crippen molar-refractivity contribution in [3.63, 3.8) is 0 Å². The zero-order chi connectivity index (χ0) is 10.7. The zero-order valence-corrected chi connectivity index (χ0v) is 8.53. The summed E-state index contributed by atoms with van der Waals surface area (Å²) in [4.78, 5) is 16.4. The van der Waals surface area contributed by atoms with Gasteiger partial charge in [0, 0.05) is 24.9 Å². The summed E-state index contributed by atoms with van der Waals surface area (Å²) in [5, 5.41) is 0. The summed E-state index contributed by atoms with van der Waals surface area (Å²) in [5.41, 5.74) is 2.40. The van der Waals surface area contributed by atoms with E-state index in [0.29, 0.717) is 13.1 Å². The summed E-state index contributed by atoms with van der Waals surface area (Å²) in [5.74, 6) is 0. The van der Waals surface area contributed by atoms with Gasteiger partial charge in [0.15, 0.2) is 0 Å². The van der Waals surface area contributed by atoms with Gasteiger partial charge in [-0.15, -0.1) is 0 Å². The van der Waals surface area contributed by atoms with Gasteiger partial charge < -0.3 is 14.6 Å². The van der Waals surface area contributed by atoms with Gasteiger partial charge in [-0.2, -0.15) is 0 Å². The number of ether oxygens (including phenoxy) is 1. The number of rotatable bonds is 2. The Bertz CT molecular complexity index is 370. The number of H-pyrrole nitrogens is 1. The Kier molecular flexibility index (Phi) is 2.76. The van der Waals surface area contributed by atoms with E-state index in [9.17, 15) is 4.79 Å². The molecule has 1 amide bonds. The van der Waals surface area contributed by atoms with Crippen molar-refractivity contribution < 1.29 is 9.53 Å². The first-order valence-electron chi connectivity index (χ1n) is 4.99. The Hall–Kier alpha value is -1.71. The Morgan fingerprint density at radius 1 is 1.73 bits per heavy atom. The molecular weight excluding hydrogens is 192 g/mol. The minimum absolute atomic E-state index is 0.262. The third-order valence-corrected chi connectivity index (χ3v) is 2.51. The number of nitrogens with one attached hydrogen (secondary N) is 1. The number of aromatic amines is 1. The average Bonchev–Trinajstić information content (AvgIpc) is 2.72. The van der Waals surface area contributed by atoms with E-state index in [2.05, 4.69) is 11.6 Å². The summed E-state index contributed by atoms with van der Waals surface area (Å²) in [6.07, 6.45) is 4.08. The molecule has 0 fully saturated rings. The van der Waals surface area contributed by atoms with Crippen molar-refractivity contribution in [3.05, 3.63) is 36.2 Å². The monoisotopic (exact) mass is 206 g/mol. The molecule has 4 heteroatoms. The molecule has 0 spiro atoms. The van der Waals surface area contributed by atoms with Crippen LogP contribution in [0.5, 0.6) is 0 Å². The van der Waals surface area contributed by atoms with Crippen LogP contribution in [0.2, 0.25) is 0 Å². The Morgan fingerprint density at radius 2 is 2.60 bits per heavy atom. The average molecular weight is 206 g/mol. The minimum Gasteiger partial charge on any atom is -0.445 e. The molecule has 1 aromatic heterocycles. The van der Waals surface area contributed by atoms with Crippen molar-refractivity contribution in [1.82, 2.24) is 9.88 Å². The molecule has 0 unspecified atom stereocenters. The predicted octanol–water partition coefficient (Wildman–Crippen LogP) is 1.70. The van der Waals surface area contributed by atoms with Crippen LogP contribution >= 0.6 is 0 Å². The second kappa shape index (κ2) is 4.21. The SMILES string of the molecule is C=CCOC(=O)N1CCc2[nH]ccc2C1. The first-order valence-corrected chi connectivity index (χ1v) is 4.99. The summed E-state index contributed by atoms with van der Waals surface area (Å²) >= 11 is 0. The summed E-state index contributed by atoms with van der Waals surface area (Å²) in [6, 6.07) is 2.00. The van der Waals surface area contributed by atoms with E-state index in [4.69, 9.17) is 4.74 Å².